The predicted molar refractivity (Wildman–Crippen MR) is 68.8 cm³/mol. The van der Waals surface area contributed by atoms with Crippen LogP contribution in [0.2, 0.25) is 0 Å². The third kappa shape index (κ3) is 2.73. The van der Waals surface area contributed by atoms with E-state index in [1.54, 1.807) is 11.3 Å². The molecule has 2 heterocycles. The van der Waals surface area contributed by atoms with Crippen molar-refractivity contribution in [3.8, 4) is 11.8 Å². The van der Waals surface area contributed by atoms with Crippen LogP contribution in [0.5, 0.6) is 0 Å². The molecule has 0 atom stereocenters. The van der Waals surface area contributed by atoms with E-state index in [4.69, 9.17) is 5.73 Å². The largest absolute Gasteiger partial charge is 0.320 e. The summed E-state index contributed by atoms with van der Waals surface area (Å²) in [5.74, 6) is 7.67. The van der Waals surface area contributed by atoms with Crippen LogP contribution in [0.1, 0.15) is 22.1 Å². The van der Waals surface area contributed by atoms with Crippen LogP contribution in [0.3, 0.4) is 0 Å². The van der Waals surface area contributed by atoms with Crippen molar-refractivity contribution in [1.29, 1.82) is 0 Å². The maximum atomic E-state index is 5.38. The lowest BCUT2D eigenvalue weighted by molar-refractivity contribution is 0.662. The number of aromatic nitrogens is 3. The Bertz CT molecular complexity index is 571. The van der Waals surface area contributed by atoms with Gasteiger partial charge in [0.05, 0.1) is 13.1 Å². The van der Waals surface area contributed by atoms with E-state index in [1.807, 2.05) is 30.0 Å². The van der Waals surface area contributed by atoms with Gasteiger partial charge in [-0.05, 0) is 25.3 Å². The zero-order valence-corrected chi connectivity index (χ0v) is 10.7. The first-order valence-corrected chi connectivity index (χ1v) is 6.22. The summed E-state index contributed by atoms with van der Waals surface area (Å²) in [6.45, 7) is 4.96. The fraction of sp³-hybridized carbons (Fsp3) is 0.333. The van der Waals surface area contributed by atoms with Crippen LogP contribution < -0.4 is 5.73 Å². The Morgan fingerprint density at radius 3 is 2.94 bits per heavy atom. The quantitative estimate of drug-likeness (QED) is 0.813. The van der Waals surface area contributed by atoms with Crippen LogP contribution >= 0.6 is 11.3 Å². The van der Waals surface area contributed by atoms with Gasteiger partial charge in [0.2, 0.25) is 0 Å². The highest BCUT2D eigenvalue weighted by molar-refractivity contribution is 7.10. The fourth-order valence-corrected chi connectivity index (χ4v) is 2.38. The highest BCUT2D eigenvalue weighted by Crippen LogP contribution is 2.17. The monoisotopic (exact) mass is 246 g/mol. The van der Waals surface area contributed by atoms with Crippen LogP contribution in [0.4, 0.5) is 0 Å². The molecule has 88 valence electrons. The molecule has 0 aliphatic heterocycles. The summed E-state index contributed by atoms with van der Waals surface area (Å²) in [5.41, 5.74) is 6.41. The summed E-state index contributed by atoms with van der Waals surface area (Å²) in [7, 11) is 0. The molecule has 4 nitrogen and oxygen atoms in total. The van der Waals surface area contributed by atoms with Gasteiger partial charge in [0.15, 0.2) is 0 Å². The molecule has 0 saturated carbocycles. The molecule has 17 heavy (non-hydrogen) atoms. The van der Waals surface area contributed by atoms with Gasteiger partial charge in [-0.3, -0.25) is 0 Å². The number of hydrogen-bond acceptors (Lipinski definition) is 4. The third-order valence-electron chi connectivity index (χ3n) is 2.33. The molecule has 2 rings (SSSR count). The molecule has 0 unspecified atom stereocenters. The van der Waals surface area contributed by atoms with Crippen molar-refractivity contribution in [1.82, 2.24) is 14.8 Å². The van der Waals surface area contributed by atoms with Crippen LogP contribution in [-0.2, 0) is 6.54 Å². The molecule has 0 aliphatic rings. The average Bonchev–Trinajstić information content (AvgIpc) is 2.84. The second-order valence-electron chi connectivity index (χ2n) is 3.63. The van der Waals surface area contributed by atoms with Crippen LogP contribution in [0, 0.1) is 25.7 Å². The predicted octanol–water partition coefficient (Wildman–Crippen LogP) is 1.31. The van der Waals surface area contributed by atoms with E-state index in [1.165, 1.54) is 4.88 Å². The van der Waals surface area contributed by atoms with Gasteiger partial charge in [0.1, 0.15) is 11.6 Å². The molecule has 0 aromatic carbocycles. The van der Waals surface area contributed by atoms with Gasteiger partial charge in [0, 0.05) is 10.4 Å². The Morgan fingerprint density at radius 2 is 2.29 bits per heavy atom. The van der Waals surface area contributed by atoms with E-state index in [9.17, 15) is 0 Å². The van der Waals surface area contributed by atoms with Crippen molar-refractivity contribution < 1.29 is 0 Å². The number of nitrogens with two attached hydrogens (primary N) is 1. The highest BCUT2D eigenvalue weighted by Gasteiger charge is 2.07. The first kappa shape index (κ1) is 11.8. The van der Waals surface area contributed by atoms with Gasteiger partial charge in [-0.2, -0.15) is 5.10 Å². The van der Waals surface area contributed by atoms with Crippen LogP contribution in [0.15, 0.2) is 11.4 Å². The maximum Gasteiger partial charge on any atom is 0.147 e. The number of aryl methyl sites for hydroxylation is 2. The van der Waals surface area contributed by atoms with Gasteiger partial charge < -0.3 is 5.73 Å². The molecule has 0 spiro atoms. The molecule has 0 aliphatic carbocycles. The fourth-order valence-electron chi connectivity index (χ4n) is 1.57. The Hall–Kier alpha value is -1.64. The summed E-state index contributed by atoms with van der Waals surface area (Å²) in [4.78, 5) is 5.48. The van der Waals surface area contributed by atoms with Crippen LogP contribution in [0.25, 0.3) is 0 Å². The van der Waals surface area contributed by atoms with Crippen molar-refractivity contribution in [2.24, 2.45) is 5.73 Å². The van der Waals surface area contributed by atoms with Gasteiger partial charge in [-0.1, -0.05) is 11.8 Å². The Kier molecular flexibility index (Phi) is 3.57. The molecular weight excluding hydrogens is 232 g/mol. The molecule has 5 heteroatoms. The van der Waals surface area contributed by atoms with E-state index in [2.05, 4.69) is 21.9 Å². The van der Waals surface area contributed by atoms with Crippen LogP contribution in [-0.4, -0.2) is 21.3 Å². The zero-order chi connectivity index (χ0) is 12.3. The number of hydrogen-bond donors (Lipinski definition) is 1. The normalized spacial score (nSPS) is 10.1. The molecule has 2 N–H and O–H groups in total. The zero-order valence-electron chi connectivity index (χ0n) is 9.90. The van der Waals surface area contributed by atoms with Crippen molar-refractivity contribution >= 4 is 11.3 Å². The third-order valence-corrected chi connectivity index (χ3v) is 3.23. The Morgan fingerprint density at radius 1 is 1.47 bits per heavy atom. The minimum atomic E-state index is 0.386. The molecule has 2 aromatic rings. The standard InChI is InChI=1S/C12H14N4S/c1-9-14-10(2)16(15-9)8-12-11(4-3-6-13)5-7-17-12/h5,7H,6,8,13H2,1-2H3. The van der Waals surface area contributed by atoms with E-state index in [0.29, 0.717) is 6.54 Å². The van der Waals surface area contributed by atoms with E-state index < -0.39 is 0 Å². The van der Waals surface area contributed by atoms with Gasteiger partial charge in [-0.15, -0.1) is 11.3 Å². The molecule has 0 saturated heterocycles. The van der Waals surface area contributed by atoms with E-state index in [0.717, 1.165) is 23.8 Å². The van der Waals surface area contributed by atoms with Gasteiger partial charge in [0.25, 0.3) is 0 Å². The summed E-state index contributed by atoms with van der Waals surface area (Å²) in [6, 6.07) is 2.02. The Balaban J connectivity index is 2.24. The maximum absolute atomic E-state index is 5.38. The molecule has 0 amide bonds. The molecular formula is C12H14N4S. The highest BCUT2D eigenvalue weighted by atomic mass is 32.1. The lowest BCUT2D eigenvalue weighted by Gasteiger charge is -2.01. The van der Waals surface area contributed by atoms with Crippen molar-refractivity contribution in [3.05, 3.63) is 33.5 Å². The van der Waals surface area contributed by atoms with Crippen molar-refractivity contribution in [2.45, 2.75) is 20.4 Å². The van der Waals surface area contributed by atoms with Gasteiger partial charge in [-0.25, -0.2) is 9.67 Å². The Labute approximate surface area is 104 Å². The topological polar surface area (TPSA) is 56.7 Å². The first-order valence-electron chi connectivity index (χ1n) is 5.34. The molecule has 0 bridgehead atoms. The second-order valence-corrected chi connectivity index (χ2v) is 4.63. The molecule has 2 aromatic heterocycles. The van der Waals surface area contributed by atoms with Crippen molar-refractivity contribution in [2.75, 3.05) is 6.54 Å². The minimum Gasteiger partial charge on any atom is -0.320 e. The molecule has 0 fully saturated rings. The number of thiophene rings is 1. The van der Waals surface area contributed by atoms with Gasteiger partial charge >= 0.3 is 0 Å². The summed E-state index contributed by atoms with van der Waals surface area (Å²) < 4.78 is 1.90. The lowest BCUT2D eigenvalue weighted by atomic mass is 10.2. The SMILES string of the molecule is Cc1nc(C)n(Cc2sccc2C#CCN)n1. The lowest BCUT2D eigenvalue weighted by Crippen LogP contribution is -2.04. The van der Waals surface area contributed by atoms with E-state index in [-0.39, 0.29) is 0 Å². The second kappa shape index (κ2) is 5.13. The first-order chi connectivity index (χ1) is 8.20. The number of rotatable bonds is 2. The summed E-state index contributed by atoms with van der Waals surface area (Å²) >= 11 is 1.68. The number of nitrogens with zero attached hydrogens (tertiary/aromatic N) is 3. The van der Waals surface area contributed by atoms with E-state index >= 15 is 0 Å². The minimum absolute atomic E-state index is 0.386. The summed E-state index contributed by atoms with van der Waals surface area (Å²) in [6.07, 6.45) is 0. The summed E-state index contributed by atoms with van der Waals surface area (Å²) in [5, 5.41) is 6.38. The smallest absolute Gasteiger partial charge is 0.147 e. The average molecular weight is 246 g/mol. The molecule has 0 radical (unpaired) electrons. The van der Waals surface area contributed by atoms with Crippen molar-refractivity contribution in [3.63, 3.8) is 0 Å².